The van der Waals surface area contributed by atoms with Crippen LogP contribution in [0.1, 0.15) is 6.92 Å². The second-order valence-corrected chi connectivity index (χ2v) is 6.67. The van der Waals surface area contributed by atoms with Crippen LogP contribution in [0.25, 0.3) is 0 Å². The van der Waals surface area contributed by atoms with Crippen molar-refractivity contribution >= 4 is 28.9 Å². The molecule has 1 aliphatic rings. The van der Waals surface area contributed by atoms with Gasteiger partial charge in [0.15, 0.2) is 0 Å². The van der Waals surface area contributed by atoms with Crippen LogP contribution in [0.15, 0.2) is 42.5 Å². The predicted octanol–water partition coefficient (Wildman–Crippen LogP) is 3.77. The summed E-state index contributed by atoms with van der Waals surface area (Å²) in [5.74, 6) is -1.61. The van der Waals surface area contributed by atoms with E-state index in [9.17, 15) is 13.6 Å². The summed E-state index contributed by atoms with van der Waals surface area (Å²) in [7, 11) is 0. The lowest BCUT2D eigenvalue weighted by molar-refractivity contribution is -0.120. The molecule has 1 N–H and O–H groups in total. The van der Waals surface area contributed by atoms with Gasteiger partial charge in [0.25, 0.3) is 0 Å². The number of halogens is 3. The van der Waals surface area contributed by atoms with E-state index < -0.39 is 17.7 Å². The molecule has 0 aromatic heterocycles. The van der Waals surface area contributed by atoms with Gasteiger partial charge in [0.2, 0.25) is 5.91 Å². The van der Waals surface area contributed by atoms with Gasteiger partial charge in [-0.15, -0.1) is 0 Å². The summed E-state index contributed by atoms with van der Waals surface area (Å²) >= 11 is 6.24. The Morgan fingerprint density at radius 2 is 1.81 bits per heavy atom. The monoisotopic (exact) mass is 379 g/mol. The number of nitrogens with one attached hydrogen (secondary N) is 1. The number of piperazine rings is 1. The first-order valence-electron chi connectivity index (χ1n) is 8.45. The number of anilines is 2. The standard InChI is InChI=1S/C19H20ClF2N3O/c1-13(19(26)23-17-12-14(21)6-7-16(17)22)24-8-10-25(11-9-24)18-5-3-2-4-15(18)20/h2-7,12-13H,8-11H2,1H3,(H,23,26). The number of hydrogen-bond donors (Lipinski definition) is 1. The molecule has 0 bridgehead atoms. The van der Waals surface area contributed by atoms with E-state index >= 15 is 0 Å². The normalized spacial score (nSPS) is 16.4. The Balaban J connectivity index is 1.59. The minimum atomic E-state index is -0.657. The molecule has 0 saturated carbocycles. The molecular formula is C19H20ClF2N3O. The Hall–Kier alpha value is -2.18. The Bertz CT molecular complexity index is 794. The fourth-order valence-electron chi connectivity index (χ4n) is 3.05. The highest BCUT2D eigenvalue weighted by molar-refractivity contribution is 6.33. The van der Waals surface area contributed by atoms with Crippen molar-refractivity contribution in [1.29, 1.82) is 0 Å². The summed E-state index contributed by atoms with van der Waals surface area (Å²) in [6.07, 6.45) is 0. The largest absolute Gasteiger partial charge is 0.368 e. The second-order valence-electron chi connectivity index (χ2n) is 6.26. The van der Waals surface area contributed by atoms with E-state index in [4.69, 9.17) is 11.6 Å². The Morgan fingerprint density at radius 3 is 2.50 bits per heavy atom. The van der Waals surface area contributed by atoms with E-state index in [0.29, 0.717) is 18.1 Å². The molecule has 0 aliphatic carbocycles. The van der Waals surface area contributed by atoms with Crippen LogP contribution in [0.2, 0.25) is 5.02 Å². The molecule has 1 saturated heterocycles. The summed E-state index contributed by atoms with van der Waals surface area (Å²) in [4.78, 5) is 16.6. The molecule has 0 radical (unpaired) electrons. The van der Waals surface area contributed by atoms with E-state index in [2.05, 4.69) is 10.2 Å². The molecule has 3 rings (SSSR count). The number of hydrogen-bond acceptors (Lipinski definition) is 3. The number of carbonyl (C=O) groups excluding carboxylic acids is 1. The average Bonchev–Trinajstić information content (AvgIpc) is 2.64. The number of amides is 1. The number of rotatable bonds is 4. The van der Waals surface area contributed by atoms with Crippen molar-refractivity contribution in [1.82, 2.24) is 4.90 Å². The first-order chi connectivity index (χ1) is 12.5. The lowest BCUT2D eigenvalue weighted by Crippen LogP contribution is -2.53. The van der Waals surface area contributed by atoms with Gasteiger partial charge in [-0.3, -0.25) is 9.69 Å². The van der Waals surface area contributed by atoms with Gasteiger partial charge >= 0.3 is 0 Å². The number of nitrogens with zero attached hydrogens (tertiary/aromatic N) is 2. The summed E-state index contributed by atoms with van der Waals surface area (Å²) < 4.78 is 26.9. The molecule has 1 amide bonds. The summed E-state index contributed by atoms with van der Waals surface area (Å²) in [6, 6.07) is 10.2. The van der Waals surface area contributed by atoms with Crippen LogP contribution in [0.3, 0.4) is 0 Å². The second kappa shape index (κ2) is 8.01. The Labute approximate surface area is 156 Å². The van der Waals surface area contributed by atoms with Crippen molar-refractivity contribution in [3.63, 3.8) is 0 Å². The zero-order chi connectivity index (χ0) is 18.7. The molecular weight excluding hydrogens is 360 g/mol. The fraction of sp³-hybridized carbons (Fsp3) is 0.316. The predicted molar refractivity (Wildman–Crippen MR) is 99.7 cm³/mol. The van der Waals surface area contributed by atoms with Gasteiger partial charge in [0.05, 0.1) is 22.4 Å². The lowest BCUT2D eigenvalue weighted by atomic mass is 10.2. The van der Waals surface area contributed by atoms with Crippen molar-refractivity contribution < 1.29 is 13.6 Å². The van der Waals surface area contributed by atoms with E-state index in [0.717, 1.165) is 37.0 Å². The van der Waals surface area contributed by atoms with E-state index in [1.165, 1.54) is 0 Å². The zero-order valence-electron chi connectivity index (χ0n) is 14.4. The van der Waals surface area contributed by atoms with E-state index in [1.54, 1.807) is 6.92 Å². The highest BCUT2D eigenvalue weighted by Gasteiger charge is 2.26. The van der Waals surface area contributed by atoms with Gasteiger partial charge in [0, 0.05) is 32.2 Å². The lowest BCUT2D eigenvalue weighted by Gasteiger charge is -2.38. The van der Waals surface area contributed by atoms with Gasteiger partial charge in [-0.1, -0.05) is 23.7 Å². The van der Waals surface area contributed by atoms with Gasteiger partial charge < -0.3 is 10.2 Å². The molecule has 1 aliphatic heterocycles. The molecule has 2 aromatic rings. The molecule has 26 heavy (non-hydrogen) atoms. The number of benzene rings is 2. The highest BCUT2D eigenvalue weighted by atomic mass is 35.5. The van der Waals surface area contributed by atoms with Gasteiger partial charge in [-0.25, -0.2) is 8.78 Å². The number of carbonyl (C=O) groups is 1. The highest BCUT2D eigenvalue weighted by Crippen LogP contribution is 2.26. The van der Waals surface area contributed by atoms with Crippen molar-refractivity contribution in [2.75, 3.05) is 36.4 Å². The fourth-order valence-corrected chi connectivity index (χ4v) is 3.31. The van der Waals surface area contributed by atoms with Gasteiger partial charge in [-0.2, -0.15) is 0 Å². The van der Waals surface area contributed by atoms with Crippen molar-refractivity contribution in [3.8, 4) is 0 Å². The van der Waals surface area contributed by atoms with Gasteiger partial charge in [0.1, 0.15) is 11.6 Å². The first kappa shape index (κ1) is 18.6. The van der Waals surface area contributed by atoms with Crippen LogP contribution in [-0.4, -0.2) is 43.0 Å². The molecule has 7 heteroatoms. The Kier molecular flexibility index (Phi) is 5.74. The molecule has 1 fully saturated rings. The maximum Gasteiger partial charge on any atom is 0.241 e. The van der Waals surface area contributed by atoms with E-state index in [1.807, 2.05) is 29.2 Å². The van der Waals surface area contributed by atoms with Crippen LogP contribution in [0, 0.1) is 11.6 Å². The topological polar surface area (TPSA) is 35.6 Å². The Morgan fingerprint density at radius 1 is 1.12 bits per heavy atom. The minimum absolute atomic E-state index is 0.142. The molecule has 4 nitrogen and oxygen atoms in total. The SMILES string of the molecule is CC(C(=O)Nc1cc(F)ccc1F)N1CCN(c2ccccc2Cl)CC1. The molecule has 2 aromatic carbocycles. The van der Waals surface area contributed by atoms with Crippen molar-refractivity contribution in [3.05, 3.63) is 59.1 Å². The molecule has 0 spiro atoms. The first-order valence-corrected chi connectivity index (χ1v) is 8.83. The van der Waals surface area contributed by atoms with Crippen LogP contribution in [0.4, 0.5) is 20.2 Å². The van der Waals surface area contributed by atoms with Crippen LogP contribution in [0.5, 0.6) is 0 Å². The van der Waals surface area contributed by atoms with Crippen LogP contribution < -0.4 is 10.2 Å². The summed E-state index contributed by atoms with van der Waals surface area (Å²) in [6.45, 7) is 4.57. The third-order valence-corrected chi connectivity index (χ3v) is 4.94. The summed E-state index contributed by atoms with van der Waals surface area (Å²) in [5, 5.41) is 3.17. The molecule has 1 atom stereocenters. The molecule has 1 heterocycles. The minimum Gasteiger partial charge on any atom is -0.368 e. The van der Waals surface area contributed by atoms with E-state index in [-0.39, 0.29) is 11.6 Å². The third-order valence-electron chi connectivity index (χ3n) is 4.62. The van der Waals surface area contributed by atoms with Gasteiger partial charge in [-0.05, 0) is 31.2 Å². The number of para-hydroxylation sites is 1. The maximum atomic E-state index is 13.7. The molecule has 138 valence electrons. The quantitative estimate of drug-likeness (QED) is 0.878. The van der Waals surface area contributed by atoms with Crippen LogP contribution in [-0.2, 0) is 4.79 Å². The van der Waals surface area contributed by atoms with Crippen LogP contribution >= 0.6 is 11.6 Å². The summed E-state index contributed by atoms with van der Waals surface area (Å²) in [5.41, 5.74) is 0.837. The van der Waals surface area contributed by atoms with Crippen molar-refractivity contribution in [2.24, 2.45) is 0 Å². The third kappa shape index (κ3) is 4.14. The maximum absolute atomic E-state index is 13.7. The molecule has 1 unspecified atom stereocenters. The zero-order valence-corrected chi connectivity index (χ0v) is 15.1. The smallest absolute Gasteiger partial charge is 0.241 e. The van der Waals surface area contributed by atoms with Crippen molar-refractivity contribution in [2.45, 2.75) is 13.0 Å². The average molecular weight is 380 g/mol.